The van der Waals surface area contributed by atoms with E-state index in [1.807, 2.05) is 6.07 Å². The minimum atomic E-state index is -0.556. The zero-order valence-corrected chi connectivity index (χ0v) is 23.0. The minimum absolute atomic E-state index is 0.0132. The number of rotatable bonds is 6. The van der Waals surface area contributed by atoms with Crippen molar-refractivity contribution in [3.05, 3.63) is 97.8 Å². The third-order valence-corrected chi connectivity index (χ3v) is 7.64. The van der Waals surface area contributed by atoms with Crippen LogP contribution in [0.3, 0.4) is 0 Å². The van der Waals surface area contributed by atoms with Gasteiger partial charge in [-0.3, -0.25) is 14.4 Å². The number of nitrogens with zero attached hydrogens (tertiary/aromatic N) is 2. The van der Waals surface area contributed by atoms with Crippen LogP contribution in [0, 0.1) is 11.7 Å². The average Bonchev–Trinajstić information content (AvgIpc) is 2.94. The van der Waals surface area contributed by atoms with Crippen LogP contribution in [0.4, 0.5) is 4.39 Å². The molecule has 1 fully saturated rings. The van der Waals surface area contributed by atoms with Crippen molar-refractivity contribution in [2.45, 2.75) is 18.9 Å². The van der Waals surface area contributed by atoms with Gasteiger partial charge in [0.2, 0.25) is 0 Å². The first-order chi connectivity index (χ1) is 18.8. The highest BCUT2D eigenvalue weighted by Crippen LogP contribution is 2.35. The van der Waals surface area contributed by atoms with Crippen LogP contribution in [0.15, 0.2) is 69.6 Å². The molecule has 0 unspecified atom stereocenters. The highest BCUT2D eigenvalue weighted by atomic mass is 79.9. The van der Waals surface area contributed by atoms with Gasteiger partial charge >= 0.3 is 0 Å². The van der Waals surface area contributed by atoms with E-state index in [9.17, 15) is 18.8 Å². The van der Waals surface area contributed by atoms with Crippen molar-refractivity contribution in [1.29, 1.82) is 0 Å². The van der Waals surface area contributed by atoms with Gasteiger partial charge in [0.1, 0.15) is 11.5 Å². The number of pyridine rings is 1. The quantitative estimate of drug-likeness (QED) is 0.432. The molecule has 3 heterocycles. The number of ether oxygens (including phenoxy) is 2. The second-order valence-electron chi connectivity index (χ2n) is 9.66. The summed E-state index contributed by atoms with van der Waals surface area (Å²) in [6.07, 6.45) is 2.22. The fourth-order valence-electron chi connectivity index (χ4n) is 5.34. The summed E-state index contributed by atoms with van der Waals surface area (Å²) in [4.78, 5) is 41.3. The van der Waals surface area contributed by atoms with Crippen LogP contribution >= 0.6 is 15.9 Å². The van der Waals surface area contributed by atoms with Gasteiger partial charge < -0.3 is 24.3 Å². The number of fused-ring (bicyclic) bond motifs is 4. The number of hydrogen-bond donors (Lipinski definition) is 1. The molecule has 3 aromatic rings. The predicted octanol–water partition coefficient (Wildman–Crippen LogP) is 4.18. The molecule has 8 nitrogen and oxygen atoms in total. The van der Waals surface area contributed by atoms with E-state index in [0.29, 0.717) is 35.6 Å². The number of carbonyl (C=O) groups excluding carboxylic acids is 2. The standard InChI is InChI=1S/C29H27BrFN3O5/c1-38-25-9-6-18(13-26(25)39-2)28(36)32-23(12-19-11-21(30)7-8-22(19)31)29(37)33-14-17-10-20(16-33)24-4-3-5-27(35)34(24)15-17/h3-9,11-13,17,20H,10,14-16H2,1-2H3,(H,32,36)/b23-12+/t17-,20+/m1/s1. The lowest BCUT2D eigenvalue weighted by Crippen LogP contribution is -2.50. The fraction of sp³-hybridized carbons (Fsp3) is 0.276. The summed E-state index contributed by atoms with van der Waals surface area (Å²) in [7, 11) is 2.95. The van der Waals surface area contributed by atoms with E-state index >= 15 is 0 Å². The first-order valence-corrected chi connectivity index (χ1v) is 13.3. The number of piperidine rings is 1. The molecular formula is C29H27BrFN3O5. The van der Waals surface area contributed by atoms with Crippen LogP contribution in [-0.4, -0.2) is 48.6 Å². The summed E-state index contributed by atoms with van der Waals surface area (Å²) < 4.78 is 27.7. The highest BCUT2D eigenvalue weighted by molar-refractivity contribution is 9.10. The maximum absolute atomic E-state index is 14.7. The highest BCUT2D eigenvalue weighted by Gasteiger charge is 2.37. The van der Waals surface area contributed by atoms with Gasteiger partial charge in [0.25, 0.3) is 17.4 Å². The van der Waals surface area contributed by atoms with Gasteiger partial charge in [0, 0.05) is 52.9 Å². The lowest BCUT2D eigenvalue weighted by Gasteiger charge is -2.43. The number of halogens is 2. The smallest absolute Gasteiger partial charge is 0.270 e. The van der Waals surface area contributed by atoms with Crippen molar-refractivity contribution >= 4 is 33.8 Å². The molecule has 0 radical (unpaired) electrons. The molecule has 1 saturated heterocycles. The van der Waals surface area contributed by atoms with Crippen molar-refractivity contribution in [1.82, 2.24) is 14.8 Å². The molecular weight excluding hydrogens is 569 g/mol. The Kier molecular flexibility index (Phi) is 7.56. The van der Waals surface area contributed by atoms with E-state index in [2.05, 4.69) is 21.2 Å². The van der Waals surface area contributed by atoms with E-state index in [0.717, 1.165) is 12.1 Å². The van der Waals surface area contributed by atoms with Gasteiger partial charge in [0.15, 0.2) is 11.5 Å². The van der Waals surface area contributed by atoms with E-state index < -0.39 is 17.6 Å². The summed E-state index contributed by atoms with van der Waals surface area (Å²) in [5.41, 5.74) is 1.18. The Morgan fingerprint density at radius 3 is 2.59 bits per heavy atom. The van der Waals surface area contributed by atoms with Crippen molar-refractivity contribution < 1.29 is 23.5 Å². The fourth-order valence-corrected chi connectivity index (χ4v) is 5.72. The monoisotopic (exact) mass is 595 g/mol. The zero-order valence-electron chi connectivity index (χ0n) is 21.4. The van der Waals surface area contributed by atoms with Crippen molar-refractivity contribution in [3.63, 3.8) is 0 Å². The summed E-state index contributed by atoms with van der Waals surface area (Å²) in [5.74, 6) is -0.627. The molecule has 10 heteroatoms. The van der Waals surface area contributed by atoms with Crippen LogP contribution in [0.2, 0.25) is 0 Å². The Hall–Kier alpha value is -3.92. The lowest BCUT2D eigenvalue weighted by molar-refractivity contribution is -0.130. The molecule has 2 aromatic carbocycles. The first kappa shape index (κ1) is 26.7. The molecule has 202 valence electrons. The van der Waals surface area contributed by atoms with E-state index in [4.69, 9.17) is 9.47 Å². The second-order valence-corrected chi connectivity index (χ2v) is 10.6. The number of hydrogen-bond acceptors (Lipinski definition) is 5. The van der Waals surface area contributed by atoms with Crippen molar-refractivity contribution in [3.8, 4) is 11.5 Å². The third kappa shape index (κ3) is 5.47. The average molecular weight is 596 g/mol. The Morgan fingerprint density at radius 2 is 1.82 bits per heavy atom. The molecule has 5 rings (SSSR count). The first-order valence-electron chi connectivity index (χ1n) is 12.5. The van der Waals surface area contributed by atoms with Gasteiger partial charge in [-0.25, -0.2) is 4.39 Å². The number of amides is 2. The number of aromatic nitrogens is 1. The maximum atomic E-state index is 14.7. The van der Waals surface area contributed by atoms with Gasteiger partial charge in [-0.15, -0.1) is 0 Å². The Morgan fingerprint density at radius 1 is 1.03 bits per heavy atom. The molecule has 2 aliphatic heterocycles. The molecule has 0 spiro atoms. The Balaban J connectivity index is 1.47. The number of benzene rings is 2. The molecule has 2 amide bonds. The Labute approximate surface area is 233 Å². The topological polar surface area (TPSA) is 89.9 Å². The number of nitrogens with one attached hydrogen (secondary N) is 1. The number of methoxy groups -OCH3 is 2. The summed E-state index contributed by atoms with van der Waals surface area (Å²) in [5, 5.41) is 2.71. The van der Waals surface area contributed by atoms with Crippen LogP contribution in [0.1, 0.15) is 34.0 Å². The molecule has 2 bridgehead atoms. The molecule has 39 heavy (non-hydrogen) atoms. The molecule has 0 saturated carbocycles. The number of carbonyl (C=O) groups is 2. The van der Waals surface area contributed by atoms with E-state index in [1.165, 1.54) is 32.4 Å². The summed E-state index contributed by atoms with van der Waals surface area (Å²) >= 11 is 3.34. The molecule has 2 aliphatic rings. The summed E-state index contributed by atoms with van der Waals surface area (Å²) in [6.45, 7) is 1.32. The number of likely N-dealkylation sites (tertiary alicyclic amines) is 1. The predicted molar refractivity (Wildman–Crippen MR) is 147 cm³/mol. The lowest BCUT2D eigenvalue weighted by atomic mass is 9.83. The van der Waals surface area contributed by atoms with Gasteiger partial charge in [-0.05, 0) is 60.9 Å². The van der Waals surface area contributed by atoms with Crippen LogP contribution < -0.4 is 20.3 Å². The SMILES string of the molecule is COc1ccc(C(=O)N/C(=C/c2cc(Br)ccc2F)C(=O)N2C[C@H]3C[C@@H](C2)c2cccc(=O)n2C3)cc1OC. The molecule has 1 N–H and O–H groups in total. The van der Waals surface area contributed by atoms with Gasteiger partial charge in [-0.1, -0.05) is 22.0 Å². The van der Waals surface area contributed by atoms with Crippen LogP contribution in [-0.2, 0) is 11.3 Å². The molecule has 0 aliphatic carbocycles. The van der Waals surface area contributed by atoms with Crippen LogP contribution in [0.5, 0.6) is 11.5 Å². The van der Waals surface area contributed by atoms with Crippen molar-refractivity contribution in [2.75, 3.05) is 27.3 Å². The molecule has 2 atom stereocenters. The minimum Gasteiger partial charge on any atom is -0.493 e. The van der Waals surface area contributed by atoms with Gasteiger partial charge in [0.05, 0.1) is 14.2 Å². The van der Waals surface area contributed by atoms with E-state index in [1.54, 1.807) is 45.9 Å². The summed E-state index contributed by atoms with van der Waals surface area (Å²) in [6, 6.07) is 14.2. The van der Waals surface area contributed by atoms with Crippen LogP contribution in [0.25, 0.3) is 6.08 Å². The van der Waals surface area contributed by atoms with E-state index in [-0.39, 0.29) is 34.2 Å². The largest absolute Gasteiger partial charge is 0.493 e. The normalized spacial score (nSPS) is 18.3. The maximum Gasteiger partial charge on any atom is 0.270 e. The third-order valence-electron chi connectivity index (χ3n) is 7.15. The molecule has 1 aromatic heterocycles. The zero-order chi connectivity index (χ0) is 27.7. The van der Waals surface area contributed by atoms with Crippen molar-refractivity contribution in [2.24, 2.45) is 5.92 Å². The Bertz CT molecular complexity index is 1540. The second kappa shape index (κ2) is 11.1. The van der Waals surface area contributed by atoms with Gasteiger partial charge in [-0.2, -0.15) is 0 Å².